The second-order valence-corrected chi connectivity index (χ2v) is 8.12. The predicted octanol–water partition coefficient (Wildman–Crippen LogP) is 2.59. The van der Waals surface area contributed by atoms with Gasteiger partial charge >= 0.3 is 0 Å². The molecule has 1 atom stereocenters. The van der Waals surface area contributed by atoms with Crippen LogP contribution in [0.1, 0.15) is 28.8 Å². The van der Waals surface area contributed by atoms with Gasteiger partial charge in [0.25, 0.3) is 5.91 Å². The lowest BCUT2D eigenvalue weighted by Gasteiger charge is -2.48. The predicted molar refractivity (Wildman–Crippen MR) is 103 cm³/mol. The highest BCUT2D eigenvalue weighted by Crippen LogP contribution is 2.47. The molecule has 2 aromatic heterocycles. The van der Waals surface area contributed by atoms with Crippen molar-refractivity contribution in [2.45, 2.75) is 12.5 Å². The van der Waals surface area contributed by atoms with E-state index in [9.17, 15) is 4.79 Å². The first kappa shape index (κ1) is 17.2. The zero-order chi connectivity index (χ0) is 19.3. The Kier molecular flexibility index (Phi) is 3.87. The molecule has 0 bridgehead atoms. The molecule has 1 amide bonds. The van der Waals surface area contributed by atoms with E-state index >= 15 is 0 Å². The number of rotatable bonds is 3. The lowest BCUT2D eigenvalue weighted by atomic mass is 9.77. The van der Waals surface area contributed by atoms with E-state index < -0.39 is 0 Å². The minimum absolute atomic E-state index is 0.0947. The molecule has 5 rings (SSSR count). The normalized spacial score (nSPS) is 21.2. The molecule has 3 aromatic rings. The van der Waals surface area contributed by atoms with Gasteiger partial charge in [-0.2, -0.15) is 4.98 Å². The summed E-state index contributed by atoms with van der Waals surface area (Å²) in [5.41, 5.74) is 1.81. The summed E-state index contributed by atoms with van der Waals surface area (Å²) in [6.45, 7) is 2.48. The van der Waals surface area contributed by atoms with Crippen LogP contribution in [0.2, 0.25) is 0 Å². The molecule has 4 heterocycles. The Bertz CT molecular complexity index is 1000. The first-order chi connectivity index (χ1) is 13.5. The Balaban J connectivity index is 1.28. The van der Waals surface area contributed by atoms with E-state index in [0.29, 0.717) is 11.7 Å². The summed E-state index contributed by atoms with van der Waals surface area (Å²) in [5, 5.41) is 4.16. The van der Waals surface area contributed by atoms with E-state index in [2.05, 4.69) is 22.1 Å². The van der Waals surface area contributed by atoms with Crippen molar-refractivity contribution in [1.82, 2.24) is 24.5 Å². The van der Waals surface area contributed by atoms with Crippen LogP contribution in [-0.4, -0.2) is 57.1 Å². The van der Waals surface area contributed by atoms with Crippen LogP contribution in [0.15, 0.2) is 53.2 Å². The van der Waals surface area contributed by atoms with Crippen LogP contribution in [0, 0.1) is 5.41 Å². The quantitative estimate of drug-likeness (QED) is 0.702. The second-order valence-electron chi connectivity index (χ2n) is 8.12. The smallest absolute Gasteiger partial charge is 0.270 e. The Morgan fingerprint density at radius 2 is 1.89 bits per heavy atom. The minimum atomic E-state index is 0.0947. The van der Waals surface area contributed by atoms with E-state index in [-0.39, 0.29) is 17.4 Å². The zero-order valence-corrected chi connectivity index (χ0v) is 16.1. The Labute approximate surface area is 163 Å². The van der Waals surface area contributed by atoms with Crippen LogP contribution >= 0.6 is 0 Å². The molecule has 2 aliphatic heterocycles. The van der Waals surface area contributed by atoms with Gasteiger partial charge in [0.05, 0.1) is 6.04 Å². The van der Waals surface area contributed by atoms with Crippen molar-refractivity contribution in [3.8, 4) is 11.4 Å². The second kappa shape index (κ2) is 6.31. The van der Waals surface area contributed by atoms with Crippen molar-refractivity contribution in [2.24, 2.45) is 12.5 Å². The zero-order valence-electron chi connectivity index (χ0n) is 16.1. The van der Waals surface area contributed by atoms with Crippen molar-refractivity contribution in [3.05, 3.63) is 60.2 Å². The van der Waals surface area contributed by atoms with Crippen LogP contribution in [-0.2, 0) is 7.05 Å². The van der Waals surface area contributed by atoms with E-state index in [1.807, 2.05) is 65.2 Å². The number of aromatic nitrogens is 3. The molecule has 7 heteroatoms. The monoisotopic (exact) mass is 377 g/mol. The Morgan fingerprint density at radius 3 is 2.61 bits per heavy atom. The van der Waals surface area contributed by atoms with Crippen molar-refractivity contribution < 1.29 is 9.32 Å². The largest absolute Gasteiger partial charge is 0.347 e. The number of nitrogens with zero attached hydrogens (tertiary/aromatic N) is 5. The SMILES string of the molecule is CN1CC2(C[C@H]1c1nc(-c3ccccc3)no1)CN(C(=O)c1cccn1C)C2. The van der Waals surface area contributed by atoms with E-state index in [1.54, 1.807) is 0 Å². The topological polar surface area (TPSA) is 67.4 Å². The first-order valence-electron chi connectivity index (χ1n) is 9.55. The molecule has 2 saturated heterocycles. The van der Waals surface area contributed by atoms with Gasteiger partial charge in [0.2, 0.25) is 11.7 Å². The van der Waals surface area contributed by atoms with Crippen LogP contribution in [0.5, 0.6) is 0 Å². The van der Waals surface area contributed by atoms with Gasteiger partial charge in [-0.25, -0.2) is 0 Å². The fraction of sp³-hybridized carbons (Fsp3) is 0.381. The third-order valence-electron chi connectivity index (χ3n) is 6.00. The number of likely N-dealkylation sites (tertiary alicyclic amines) is 2. The summed E-state index contributed by atoms with van der Waals surface area (Å²) >= 11 is 0. The number of amides is 1. The highest BCUT2D eigenvalue weighted by molar-refractivity contribution is 5.93. The molecule has 0 N–H and O–H groups in total. The van der Waals surface area contributed by atoms with Gasteiger partial charge in [0.1, 0.15) is 5.69 Å². The molecule has 144 valence electrons. The first-order valence-corrected chi connectivity index (χ1v) is 9.55. The fourth-order valence-corrected chi connectivity index (χ4v) is 4.60. The average molecular weight is 377 g/mol. The Hall–Kier alpha value is -2.93. The van der Waals surface area contributed by atoms with Crippen molar-refractivity contribution in [1.29, 1.82) is 0 Å². The van der Waals surface area contributed by atoms with E-state index in [1.165, 1.54) is 0 Å². The molecule has 28 heavy (non-hydrogen) atoms. The number of aryl methyl sites for hydroxylation is 1. The van der Waals surface area contributed by atoms with Crippen LogP contribution in [0.4, 0.5) is 0 Å². The molecule has 0 saturated carbocycles. The molecule has 0 radical (unpaired) electrons. The van der Waals surface area contributed by atoms with E-state index in [0.717, 1.165) is 37.3 Å². The lowest BCUT2D eigenvalue weighted by molar-refractivity contribution is 0.0107. The standard InChI is InChI=1S/C21H23N5O2/c1-24-10-6-9-16(24)20(27)26-13-21(14-26)11-17(25(2)12-21)19-22-18(23-28-19)15-7-4-3-5-8-15/h3-10,17H,11-14H2,1-2H3/t17-/m0/s1. The molecule has 0 aliphatic carbocycles. The third-order valence-corrected chi connectivity index (χ3v) is 6.00. The van der Waals surface area contributed by atoms with Gasteiger partial charge in [-0.05, 0) is 25.6 Å². The number of carbonyl (C=O) groups excluding carboxylic acids is 1. The number of benzene rings is 1. The Morgan fingerprint density at radius 1 is 1.11 bits per heavy atom. The molecule has 2 aliphatic rings. The van der Waals surface area contributed by atoms with Gasteiger partial charge in [-0.3, -0.25) is 9.69 Å². The lowest BCUT2D eigenvalue weighted by Crippen LogP contribution is -2.59. The van der Waals surface area contributed by atoms with Crippen LogP contribution in [0.25, 0.3) is 11.4 Å². The van der Waals surface area contributed by atoms with Crippen molar-refractivity contribution in [2.75, 3.05) is 26.7 Å². The molecular formula is C21H23N5O2. The van der Waals surface area contributed by atoms with Gasteiger partial charge < -0.3 is 14.0 Å². The molecule has 7 nitrogen and oxygen atoms in total. The van der Waals surface area contributed by atoms with E-state index in [4.69, 9.17) is 4.52 Å². The highest BCUT2D eigenvalue weighted by atomic mass is 16.5. The van der Waals surface area contributed by atoms with Crippen LogP contribution in [0.3, 0.4) is 0 Å². The minimum Gasteiger partial charge on any atom is -0.347 e. The average Bonchev–Trinajstić information content (AvgIpc) is 3.39. The summed E-state index contributed by atoms with van der Waals surface area (Å²) < 4.78 is 7.47. The molecule has 1 aromatic carbocycles. The van der Waals surface area contributed by atoms with Crippen molar-refractivity contribution >= 4 is 5.91 Å². The summed E-state index contributed by atoms with van der Waals surface area (Å²) in [6, 6.07) is 13.7. The summed E-state index contributed by atoms with van der Waals surface area (Å²) in [6.07, 6.45) is 2.83. The molecule has 0 unspecified atom stereocenters. The summed E-state index contributed by atoms with van der Waals surface area (Å²) in [4.78, 5) is 21.5. The van der Waals surface area contributed by atoms with Gasteiger partial charge in [0, 0.05) is 43.9 Å². The fourth-order valence-electron chi connectivity index (χ4n) is 4.60. The van der Waals surface area contributed by atoms with Crippen molar-refractivity contribution in [3.63, 3.8) is 0 Å². The maximum absolute atomic E-state index is 12.7. The highest BCUT2D eigenvalue weighted by Gasteiger charge is 2.53. The maximum Gasteiger partial charge on any atom is 0.270 e. The third kappa shape index (κ3) is 2.74. The van der Waals surface area contributed by atoms with Gasteiger partial charge in [-0.1, -0.05) is 35.5 Å². The number of hydrogen-bond acceptors (Lipinski definition) is 5. The molecule has 1 spiro atoms. The molecular weight excluding hydrogens is 354 g/mol. The summed E-state index contributed by atoms with van der Waals surface area (Å²) in [5.74, 6) is 1.39. The molecule has 2 fully saturated rings. The van der Waals surface area contributed by atoms with Crippen LogP contribution < -0.4 is 0 Å². The van der Waals surface area contributed by atoms with Gasteiger partial charge in [-0.15, -0.1) is 0 Å². The number of hydrogen-bond donors (Lipinski definition) is 0. The maximum atomic E-state index is 12.7. The number of carbonyl (C=O) groups is 1. The summed E-state index contributed by atoms with van der Waals surface area (Å²) in [7, 11) is 4.00. The van der Waals surface area contributed by atoms with Gasteiger partial charge in [0.15, 0.2) is 0 Å².